The SMILES string of the molecule is CCCn1cc(C=C2C(=O)NC(=O)N(c3ccccc3OC)C2=O)c2ccccc21. The van der Waals surface area contributed by atoms with Gasteiger partial charge >= 0.3 is 6.03 Å². The monoisotopic (exact) mass is 403 g/mol. The number of fused-ring (bicyclic) bond motifs is 1. The number of carbonyl (C=O) groups is 3. The van der Waals surface area contributed by atoms with Gasteiger partial charge in [0.15, 0.2) is 0 Å². The number of aromatic nitrogens is 1. The van der Waals surface area contributed by atoms with Crippen LogP contribution in [0.5, 0.6) is 5.75 Å². The van der Waals surface area contributed by atoms with Gasteiger partial charge in [0.25, 0.3) is 11.8 Å². The van der Waals surface area contributed by atoms with Crippen molar-refractivity contribution in [2.24, 2.45) is 0 Å². The van der Waals surface area contributed by atoms with Gasteiger partial charge in [-0.05, 0) is 30.7 Å². The Bertz CT molecular complexity index is 1190. The normalized spacial score (nSPS) is 15.7. The highest BCUT2D eigenvalue weighted by atomic mass is 16.5. The summed E-state index contributed by atoms with van der Waals surface area (Å²) in [4.78, 5) is 39.1. The number of methoxy groups -OCH3 is 1. The third-order valence-corrected chi connectivity index (χ3v) is 5.01. The Labute approximate surface area is 173 Å². The average Bonchev–Trinajstić information content (AvgIpc) is 3.09. The first-order valence-corrected chi connectivity index (χ1v) is 9.67. The lowest BCUT2D eigenvalue weighted by molar-refractivity contribution is -0.122. The molecule has 7 nitrogen and oxygen atoms in total. The number of aryl methyl sites for hydroxylation is 1. The van der Waals surface area contributed by atoms with Crippen molar-refractivity contribution in [3.05, 3.63) is 65.9 Å². The second kappa shape index (κ2) is 7.87. The Morgan fingerprint density at radius 1 is 1.03 bits per heavy atom. The van der Waals surface area contributed by atoms with Crippen LogP contribution >= 0.6 is 0 Å². The third kappa shape index (κ3) is 3.24. The van der Waals surface area contributed by atoms with Gasteiger partial charge in [0, 0.05) is 29.2 Å². The van der Waals surface area contributed by atoms with Crippen LogP contribution in [0.15, 0.2) is 60.3 Å². The van der Waals surface area contributed by atoms with Gasteiger partial charge in [-0.15, -0.1) is 0 Å². The highest BCUT2D eigenvalue weighted by molar-refractivity contribution is 6.39. The van der Waals surface area contributed by atoms with Gasteiger partial charge in [0.05, 0.1) is 12.8 Å². The molecule has 1 N–H and O–H groups in total. The molecular weight excluding hydrogens is 382 g/mol. The summed E-state index contributed by atoms with van der Waals surface area (Å²) in [5.41, 5.74) is 1.92. The molecule has 0 unspecified atom stereocenters. The summed E-state index contributed by atoms with van der Waals surface area (Å²) < 4.78 is 7.38. The number of urea groups is 1. The minimum atomic E-state index is -0.805. The van der Waals surface area contributed by atoms with Gasteiger partial charge in [0.1, 0.15) is 11.3 Å². The van der Waals surface area contributed by atoms with Crippen LogP contribution < -0.4 is 15.0 Å². The molecule has 4 rings (SSSR count). The fraction of sp³-hybridized carbons (Fsp3) is 0.174. The minimum absolute atomic E-state index is 0.111. The maximum atomic E-state index is 13.2. The van der Waals surface area contributed by atoms with Gasteiger partial charge in [-0.25, -0.2) is 9.69 Å². The summed E-state index contributed by atoms with van der Waals surface area (Å²) in [6.07, 6.45) is 4.41. The van der Waals surface area contributed by atoms with Crippen LogP contribution in [0.25, 0.3) is 17.0 Å². The van der Waals surface area contributed by atoms with Crippen LogP contribution in [-0.4, -0.2) is 29.5 Å². The Hall–Kier alpha value is -3.87. The number of ether oxygens (including phenoxy) is 1. The number of benzene rings is 2. The molecule has 0 radical (unpaired) electrons. The molecule has 30 heavy (non-hydrogen) atoms. The fourth-order valence-corrected chi connectivity index (χ4v) is 3.66. The van der Waals surface area contributed by atoms with E-state index in [2.05, 4.69) is 16.8 Å². The number of hydrogen-bond donors (Lipinski definition) is 1. The highest BCUT2D eigenvalue weighted by Gasteiger charge is 2.38. The number of barbiturate groups is 1. The molecule has 1 aliphatic heterocycles. The summed E-state index contributed by atoms with van der Waals surface area (Å²) in [6, 6.07) is 13.7. The summed E-state index contributed by atoms with van der Waals surface area (Å²) in [7, 11) is 1.45. The molecule has 7 heteroatoms. The van der Waals surface area contributed by atoms with Crippen molar-refractivity contribution >= 4 is 40.5 Å². The maximum Gasteiger partial charge on any atom is 0.336 e. The standard InChI is InChI=1S/C23H21N3O4/c1-3-12-25-14-15(16-8-4-5-9-18(16)25)13-17-21(27)24-23(29)26(22(17)28)19-10-6-7-11-20(19)30-2/h4-11,13-14H,3,12H2,1-2H3,(H,24,27,29). The van der Waals surface area contributed by atoms with Gasteiger partial charge in [-0.1, -0.05) is 37.3 Å². The first kappa shape index (κ1) is 19.4. The molecule has 4 amide bonds. The van der Waals surface area contributed by atoms with Gasteiger partial charge in [0.2, 0.25) is 0 Å². The van der Waals surface area contributed by atoms with E-state index in [9.17, 15) is 14.4 Å². The van der Waals surface area contributed by atoms with E-state index < -0.39 is 17.8 Å². The second-order valence-corrected chi connectivity index (χ2v) is 6.92. The zero-order valence-electron chi connectivity index (χ0n) is 16.7. The highest BCUT2D eigenvalue weighted by Crippen LogP contribution is 2.31. The molecule has 0 bridgehead atoms. The molecule has 152 valence electrons. The molecule has 1 fully saturated rings. The largest absolute Gasteiger partial charge is 0.495 e. The lowest BCUT2D eigenvalue weighted by Gasteiger charge is -2.27. The van der Waals surface area contributed by atoms with E-state index >= 15 is 0 Å². The van der Waals surface area contributed by atoms with E-state index in [-0.39, 0.29) is 11.3 Å². The minimum Gasteiger partial charge on any atom is -0.495 e. The first-order chi connectivity index (χ1) is 14.5. The molecule has 1 saturated heterocycles. The van der Waals surface area contributed by atoms with Crippen molar-refractivity contribution in [1.82, 2.24) is 9.88 Å². The van der Waals surface area contributed by atoms with Gasteiger partial charge < -0.3 is 9.30 Å². The van der Waals surface area contributed by atoms with Crippen LogP contribution in [0.3, 0.4) is 0 Å². The topological polar surface area (TPSA) is 80.6 Å². The van der Waals surface area contributed by atoms with Crippen LogP contribution in [0.4, 0.5) is 10.5 Å². The number of nitrogens with one attached hydrogen (secondary N) is 1. The number of nitrogens with zero attached hydrogens (tertiary/aromatic N) is 2. The molecule has 3 aromatic rings. The molecule has 2 aromatic carbocycles. The summed E-state index contributed by atoms with van der Waals surface area (Å²) in [5, 5.41) is 3.19. The zero-order chi connectivity index (χ0) is 21.3. The van der Waals surface area contributed by atoms with Crippen molar-refractivity contribution in [1.29, 1.82) is 0 Å². The molecule has 0 saturated carbocycles. The van der Waals surface area contributed by atoms with Crippen molar-refractivity contribution in [2.45, 2.75) is 19.9 Å². The Kier molecular flexibility index (Phi) is 5.10. The van der Waals surface area contributed by atoms with E-state index in [0.717, 1.165) is 34.3 Å². The van der Waals surface area contributed by atoms with Crippen molar-refractivity contribution in [3.63, 3.8) is 0 Å². The number of hydrogen-bond acceptors (Lipinski definition) is 4. The van der Waals surface area contributed by atoms with E-state index in [1.54, 1.807) is 30.3 Å². The Balaban J connectivity index is 1.82. The summed E-state index contributed by atoms with van der Waals surface area (Å²) in [6.45, 7) is 2.90. The van der Waals surface area contributed by atoms with Gasteiger partial charge in [-0.3, -0.25) is 14.9 Å². The molecule has 1 aliphatic rings. The second-order valence-electron chi connectivity index (χ2n) is 6.92. The first-order valence-electron chi connectivity index (χ1n) is 9.67. The molecule has 2 heterocycles. The zero-order valence-corrected chi connectivity index (χ0v) is 16.7. The molecule has 1 aromatic heterocycles. The number of para-hydroxylation sites is 3. The van der Waals surface area contributed by atoms with Crippen LogP contribution in [-0.2, 0) is 16.1 Å². The number of rotatable bonds is 5. The molecule has 0 spiro atoms. The fourth-order valence-electron chi connectivity index (χ4n) is 3.66. The number of imide groups is 2. The smallest absolute Gasteiger partial charge is 0.336 e. The van der Waals surface area contributed by atoms with E-state index in [4.69, 9.17) is 4.74 Å². The Morgan fingerprint density at radius 2 is 1.77 bits per heavy atom. The number of anilines is 1. The van der Waals surface area contributed by atoms with Crippen LogP contribution in [0, 0.1) is 0 Å². The van der Waals surface area contributed by atoms with Crippen molar-refractivity contribution in [2.75, 3.05) is 12.0 Å². The summed E-state index contributed by atoms with van der Waals surface area (Å²) in [5.74, 6) is -1.06. The van der Waals surface area contributed by atoms with Crippen molar-refractivity contribution in [3.8, 4) is 5.75 Å². The van der Waals surface area contributed by atoms with Crippen LogP contribution in [0.1, 0.15) is 18.9 Å². The third-order valence-electron chi connectivity index (χ3n) is 5.01. The quantitative estimate of drug-likeness (QED) is 0.520. The van der Waals surface area contributed by atoms with E-state index in [1.165, 1.54) is 7.11 Å². The number of amides is 4. The lowest BCUT2D eigenvalue weighted by Crippen LogP contribution is -2.54. The van der Waals surface area contributed by atoms with Crippen LogP contribution in [0.2, 0.25) is 0 Å². The maximum absolute atomic E-state index is 13.2. The predicted octanol–water partition coefficient (Wildman–Crippen LogP) is 3.73. The van der Waals surface area contributed by atoms with E-state index in [0.29, 0.717) is 5.75 Å². The lowest BCUT2D eigenvalue weighted by atomic mass is 10.1. The average molecular weight is 403 g/mol. The van der Waals surface area contributed by atoms with Crippen molar-refractivity contribution < 1.29 is 19.1 Å². The molecule has 0 atom stereocenters. The molecular formula is C23H21N3O4. The number of carbonyl (C=O) groups excluding carboxylic acids is 3. The summed E-state index contributed by atoms with van der Waals surface area (Å²) >= 11 is 0. The van der Waals surface area contributed by atoms with E-state index in [1.807, 2.05) is 30.5 Å². The predicted molar refractivity (Wildman–Crippen MR) is 114 cm³/mol. The molecule has 0 aliphatic carbocycles. The Morgan fingerprint density at radius 3 is 2.53 bits per heavy atom. The van der Waals surface area contributed by atoms with Gasteiger partial charge in [-0.2, -0.15) is 0 Å².